The van der Waals surface area contributed by atoms with Crippen LogP contribution >= 0.6 is 0 Å². The van der Waals surface area contributed by atoms with Crippen LogP contribution in [-0.2, 0) is 21.1 Å². The first-order valence-corrected chi connectivity index (χ1v) is 8.14. The van der Waals surface area contributed by atoms with Gasteiger partial charge >= 0.3 is 21.1 Å². The Balaban J connectivity index is 0.000000187. The molecular formula is C22H18N2O2Pt+2. The van der Waals surface area contributed by atoms with Crippen LogP contribution in [0, 0.1) is 0 Å². The van der Waals surface area contributed by atoms with E-state index in [-0.39, 0.29) is 32.6 Å². The van der Waals surface area contributed by atoms with Crippen molar-refractivity contribution in [2.75, 3.05) is 0 Å². The Kier molecular flexibility index (Phi) is 7.72. The molecule has 2 N–H and O–H groups in total. The van der Waals surface area contributed by atoms with E-state index in [0.717, 1.165) is 22.5 Å². The fourth-order valence-electron chi connectivity index (χ4n) is 2.42. The number of rotatable bonds is 2. The van der Waals surface area contributed by atoms with Crippen LogP contribution in [-0.4, -0.2) is 20.2 Å². The van der Waals surface area contributed by atoms with Crippen LogP contribution < -0.4 is 0 Å². The Morgan fingerprint density at radius 3 is 1.19 bits per heavy atom. The summed E-state index contributed by atoms with van der Waals surface area (Å²) in [6.45, 7) is 0. The zero-order valence-corrected chi connectivity index (χ0v) is 16.6. The average molecular weight is 537 g/mol. The number of aromatic hydroxyl groups is 2. The number of pyridine rings is 2. The molecule has 4 rings (SSSR count). The fraction of sp³-hybridized carbons (Fsp3) is 0. The molecule has 0 fully saturated rings. The largest absolute Gasteiger partial charge is 2.00 e. The van der Waals surface area contributed by atoms with Crippen molar-refractivity contribution in [3.8, 4) is 34.0 Å². The van der Waals surface area contributed by atoms with Gasteiger partial charge in [0.15, 0.2) is 0 Å². The zero-order valence-electron chi connectivity index (χ0n) is 14.3. The van der Waals surface area contributed by atoms with Crippen LogP contribution in [0.15, 0.2) is 97.3 Å². The van der Waals surface area contributed by atoms with Crippen LogP contribution in [0.25, 0.3) is 22.5 Å². The molecule has 0 saturated heterocycles. The zero-order chi connectivity index (χ0) is 18.2. The molecule has 0 unspecified atom stereocenters. The van der Waals surface area contributed by atoms with E-state index >= 15 is 0 Å². The molecule has 2 aromatic heterocycles. The Morgan fingerprint density at radius 1 is 0.481 bits per heavy atom. The number of nitrogens with zero attached hydrogens (tertiary/aromatic N) is 2. The molecule has 0 spiro atoms. The first-order valence-electron chi connectivity index (χ1n) is 8.14. The summed E-state index contributed by atoms with van der Waals surface area (Å²) in [6, 6.07) is 25.6. The number of para-hydroxylation sites is 2. The first kappa shape index (κ1) is 20.3. The molecule has 4 nitrogen and oxygen atoms in total. The van der Waals surface area contributed by atoms with Crippen molar-refractivity contribution in [3.05, 3.63) is 97.3 Å². The molecule has 0 aliphatic carbocycles. The molecule has 27 heavy (non-hydrogen) atoms. The number of hydrogen-bond donors (Lipinski definition) is 2. The molecule has 136 valence electrons. The summed E-state index contributed by atoms with van der Waals surface area (Å²) < 4.78 is 0. The van der Waals surface area contributed by atoms with Gasteiger partial charge in [0.1, 0.15) is 11.5 Å². The van der Waals surface area contributed by atoms with Crippen LogP contribution in [0.3, 0.4) is 0 Å². The second kappa shape index (κ2) is 10.2. The monoisotopic (exact) mass is 537 g/mol. The van der Waals surface area contributed by atoms with Crippen molar-refractivity contribution < 1.29 is 31.3 Å². The summed E-state index contributed by atoms with van der Waals surface area (Å²) >= 11 is 0. The third-order valence-corrected chi connectivity index (χ3v) is 3.69. The van der Waals surface area contributed by atoms with Gasteiger partial charge in [0.05, 0.1) is 11.4 Å². The van der Waals surface area contributed by atoms with Crippen molar-refractivity contribution in [1.82, 2.24) is 9.97 Å². The molecule has 2 heterocycles. The number of phenolic OH excluding ortho intramolecular Hbond substituents is 2. The summed E-state index contributed by atoms with van der Waals surface area (Å²) in [6.07, 6.45) is 3.42. The molecule has 0 bridgehead atoms. The summed E-state index contributed by atoms with van der Waals surface area (Å²) in [5, 5.41) is 19.0. The first-order chi connectivity index (χ1) is 12.8. The van der Waals surface area contributed by atoms with E-state index in [0.29, 0.717) is 0 Å². The molecule has 0 aliphatic rings. The number of benzene rings is 2. The Hall–Kier alpha value is -2.97. The van der Waals surface area contributed by atoms with E-state index in [1.807, 2.05) is 60.7 Å². The normalized spacial score (nSPS) is 9.48. The molecular weight excluding hydrogens is 519 g/mol. The Labute approximate surface area is 172 Å². The molecule has 2 aromatic carbocycles. The number of aromatic nitrogens is 2. The van der Waals surface area contributed by atoms with Crippen molar-refractivity contribution >= 4 is 0 Å². The van der Waals surface area contributed by atoms with E-state index in [1.165, 1.54) is 0 Å². The summed E-state index contributed by atoms with van der Waals surface area (Å²) in [5.74, 6) is 0.530. The van der Waals surface area contributed by atoms with Crippen LogP contribution in [0.2, 0.25) is 0 Å². The van der Waals surface area contributed by atoms with Crippen molar-refractivity contribution in [2.24, 2.45) is 0 Å². The predicted octanol–water partition coefficient (Wildman–Crippen LogP) is 4.91. The number of phenols is 2. The quantitative estimate of drug-likeness (QED) is 0.382. The van der Waals surface area contributed by atoms with E-state index < -0.39 is 0 Å². The smallest absolute Gasteiger partial charge is 0.507 e. The minimum Gasteiger partial charge on any atom is -0.507 e. The van der Waals surface area contributed by atoms with Crippen molar-refractivity contribution in [3.63, 3.8) is 0 Å². The third-order valence-electron chi connectivity index (χ3n) is 3.69. The van der Waals surface area contributed by atoms with Crippen molar-refractivity contribution in [1.29, 1.82) is 0 Å². The van der Waals surface area contributed by atoms with Gasteiger partial charge in [0.25, 0.3) is 0 Å². The van der Waals surface area contributed by atoms with Gasteiger partial charge in [0, 0.05) is 23.5 Å². The minimum absolute atomic E-state index is 0. The SMILES string of the molecule is Oc1ccccc1-c1ccccn1.Oc1ccccc1-c1ccccn1.[Pt+2]. The second-order valence-electron chi connectivity index (χ2n) is 5.46. The molecule has 0 radical (unpaired) electrons. The molecule has 0 saturated carbocycles. The van der Waals surface area contributed by atoms with Gasteiger partial charge in [-0.3, -0.25) is 9.97 Å². The van der Waals surface area contributed by atoms with Crippen molar-refractivity contribution in [2.45, 2.75) is 0 Å². The maximum absolute atomic E-state index is 9.52. The molecule has 0 amide bonds. The topological polar surface area (TPSA) is 66.2 Å². The molecule has 4 aromatic rings. The molecule has 5 heteroatoms. The van der Waals surface area contributed by atoms with E-state index in [1.54, 1.807) is 36.7 Å². The van der Waals surface area contributed by atoms with Crippen LogP contribution in [0.1, 0.15) is 0 Å². The fourth-order valence-corrected chi connectivity index (χ4v) is 2.42. The van der Waals surface area contributed by atoms with E-state index in [9.17, 15) is 10.2 Å². The van der Waals surface area contributed by atoms with Gasteiger partial charge in [-0.25, -0.2) is 0 Å². The third kappa shape index (κ3) is 5.50. The standard InChI is InChI=1S/2C11H9NO.Pt/c2*13-11-7-2-1-5-9(11)10-6-3-4-8-12-10;/h2*1-8,13H;/q;;+2. The second-order valence-corrected chi connectivity index (χ2v) is 5.46. The molecule has 0 aliphatic heterocycles. The maximum Gasteiger partial charge on any atom is 2.00 e. The number of hydrogen-bond acceptors (Lipinski definition) is 4. The minimum atomic E-state index is 0. The summed E-state index contributed by atoms with van der Waals surface area (Å²) in [4.78, 5) is 8.30. The van der Waals surface area contributed by atoms with Gasteiger partial charge in [0.2, 0.25) is 0 Å². The average Bonchev–Trinajstić information content (AvgIpc) is 2.71. The van der Waals surface area contributed by atoms with Gasteiger partial charge in [-0.15, -0.1) is 0 Å². The Bertz CT molecular complexity index is 883. The van der Waals surface area contributed by atoms with E-state index in [2.05, 4.69) is 9.97 Å². The summed E-state index contributed by atoms with van der Waals surface area (Å²) in [5.41, 5.74) is 3.12. The van der Waals surface area contributed by atoms with Gasteiger partial charge in [-0.2, -0.15) is 0 Å². The van der Waals surface area contributed by atoms with Gasteiger partial charge in [-0.1, -0.05) is 36.4 Å². The predicted molar refractivity (Wildman–Crippen MR) is 103 cm³/mol. The molecule has 0 atom stereocenters. The van der Waals surface area contributed by atoms with Crippen LogP contribution in [0.5, 0.6) is 11.5 Å². The van der Waals surface area contributed by atoms with E-state index in [4.69, 9.17) is 0 Å². The van der Waals surface area contributed by atoms with Gasteiger partial charge in [-0.05, 0) is 48.5 Å². The van der Waals surface area contributed by atoms with Gasteiger partial charge < -0.3 is 10.2 Å². The maximum atomic E-state index is 9.52. The Morgan fingerprint density at radius 2 is 0.852 bits per heavy atom. The summed E-state index contributed by atoms with van der Waals surface area (Å²) in [7, 11) is 0. The van der Waals surface area contributed by atoms with Crippen LogP contribution in [0.4, 0.5) is 0 Å².